The summed E-state index contributed by atoms with van der Waals surface area (Å²) in [5, 5.41) is 8.92. The Bertz CT molecular complexity index is 1070. The molecule has 0 spiro atoms. The lowest BCUT2D eigenvalue weighted by Gasteiger charge is -2.29. The standard InChI is InChI=1S/C24H31F3N6O2.C2H7NS/c1-33-11-9-17(10-12-33)30-22(34)15-7-8-19(20(13-15)35-2)31-23-28-14-18(24(25,26)27)21(32-23)29-16-5-3-4-6-16;1-3-4-2/h7-8,13-14,16-17H,3-6,9-12H2,1-2H3,(H,30,34)(H2,28,29,31,32);3H,1-2H3. The Labute approximate surface area is 232 Å². The van der Waals surface area contributed by atoms with Gasteiger partial charge in [-0.05, 0) is 77.3 Å². The number of nitrogens with zero attached hydrogens (tertiary/aromatic N) is 3. The van der Waals surface area contributed by atoms with E-state index in [1.807, 2.05) is 13.3 Å². The van der Waals surface area contributed by atoms with Crippen LogP contribution in [-0.4, -0.2) is 73.4 Å². The minimum absolute atomic E-state index is 0.000300. The van der Waals surface area contributed by atoms with Crippen molar-refractivity contribution in [3.63, 3.8) is 0 Å². The first-order valence-corrected chi connectivity index (χ1v) is 14.2. The van der Waals surface area contributed by atoms with Gasteiger partial charge in [-0.1, -0.05) is 24.8 Å². The zero-order valence-electron chi connectivity index (χ0n) is 22.8. The average molecular weight is 570 g/mol. The highest BCUT2D eigenvalue weighted by atomic mass is 32.2. The second-order valence-electron chi connectivity index (χ2n) is 9.58. The third kappa shape index (κ3) is 9.14. The quantitative estimate of drug-likeness (QED) is 0.330. The first kappa shape index (κ1) is 30.8. The van der Waals surface area contributed by atoms with E-state index >= 15 is 0 Å². The molecule has 2 fully saturated rings. The first-order chi connectivity index (χ1) is 18.6. The second kappa shape index (κ2) is 14.6. The van der Waals surface area contributed by atoms with Gasteiger partial charge in [-0.2, -0.15) is 18.2 Å². The molecule has 9 nitrogen and oxygen atoms in total. The molecule has 0 radical (unpaired) electrons. The minimum Gasteiger partial charge on any atom is -0.495 e. The van der Waals surface area contributed by atoms with Crippen molar-refractivity contribution in [3.05, 3.63) is 35.5 Å². The van der Waals surface area contributed by atoms with Gasteiger partial charge in [0, 0.05) is 23.8 Å². The van der Waals surface area contributed by atoms with Crippen molar-refractivity contribution in [2.24, 2.45) is 0 Å². The van der Waals surface area contributed by atoms with Crippen LogP contribution in [0, 0.1) is 0 Å². The van der Waals surface area contributed by atoms with Crippen LogP contribution in [0.25, 0.3) is 0 Å². The van der Waals surface area contributed by atoms with E-state index < -0.39 is 11.7 Å². The van der Waals surface area contributed by atoms with Gasteiger partial charge in [-0.25, -0.2) is 4.98 Å². The number of hydrogen-bond donors (Lipinski definition) is 4. The van der Waals surface area contributed by atoms with E-state index in [0.717, 1.165) is 57.8 Å². The van der Waals surface area contributed by atoms with Crippen LogP contribution in [0.2, 0.25) is 0 Å². The summed E-state index contributed by atoms with van der Waals surface area (Å²) in [7, 11) is 5.41. The van der Waals surface area contributed by atoms with Crippen molar-refractivity contribution in [3.8, 4) is 5.75 Å². The van der Waals surface area contributed by atoms with Crippen LogP contribution in [0.4, 0.5) is 30.6 Å². The lowest BCUT2D eigenvalue weighted by Crippen LogP contribution is -2.43. The maximum absolute atomic E-state index is 13.5. The Morgan fingerprint density at radius 2 is 1.79 bits per heavy atom. The number of rotatable bonds is 8. The number of carbonyl (C=O) groups excluding carboxylic acids is 1. The summed E-state index contributed by atoms with van der Waals surface area (Å²) in [6.07, 6.45) is 3.54. The summed E-state index contributed by atoms with van der Waals surface area (Å²) >= 11 is 1.61. The molecule has 2 aromatic rings. The molecular formula is C26H38F3N7O2S. The van der Waals surface area contributed by atoms with E-state index in [4.69, 9.17) is 4.74 Å². The molecule has 216 valence electrons. The molecule has 1 aromatic carbocycles. The molecule has 2 heterocycles. The summed E-state index contributed by atoms with van der Waals surface area (Å²) in [5.41, 5.74) is -0.0268. The molecule has 4 rings (SSSR count). The molecule has 1 saturated heterocycles. The lowest BCUT2D eigenvalue weighted by atomic mass is 10.0. The number of likely N-dealkylation sites (tertiary alicyclic amines) is 1. The number of anilines is 3. The van der Waals surface area contributed by atoms with Crippen LogP contribution in [0.3, 0.4) is 0 Å². The second-order valence-corrected chi connectivity index (χ2v) is 10.4. The van der Waals surface area contributed by atoms with Crippen LogP contribution in [0.1, 0.15) is 54.4 Å². The molecule has 0 unspecified atom stereocenters. The number of benzene rings is 1. The summed E-state index contributed by atoms with van der Waals surface area (Å²) in [6.45, 7) is 1.86. The number of aromatic nitrogens is 2. The van der Waals surface area contributed by atoms with Gasteiger partial charge in [0.1, 0.15) is 17.1 Å². The molecule has 1 aliphatic carbocycles. The average Bonchev–Trinajstić information content (AvgIpc) is 3.43. The molecule has 1 saturated carbocycles. The van der Waals surface area contributed by atoms with E-state index in [0.29, 0.717) is 17.0 Å². The maximum Gasteiger partial charge on any atom is 0.421 e. The fourth-order valence-electron chi connectivity index (χ4n) is 4.50. The van der Waals surface area contributed by atoms with Gasteiger partial charge >= 0.3 is 6.18 Å². The fourth-order valence-corrected chi connectivity index (χ4v) is 4.50. The molecule has 0 bridgehead atoms. The lowest BCUT2D eigenvalue weighted by molar-refractivity contribution is -0.137. The number of hydrogen-bond acceptors (Lipinski definition) is 9. The number of methoxy groups -OCH3 is 1. The van der Waals surface area contributed by atoms with Crippen LogP contribution in [0.15, 0.2) is 24.4 Å². The normalized spacial score (nSPS) is 16.8. The Balaban J connectivity index is 0.000000983. The smallest absolute Gasteiger partial charge is 0.421 e. The van der Waals surface area contributed by atoms with Gasteiger partial charge in [-0.3, -0.25) is 9.52 Å². The van der Waals surface area contributed by atoms with Crippen LogP contribution in [0.5, 0.6) is 5.75 Å². The van der Waals surface area contributed by atoms with Crippen LogP contribution < -0.4 is 25.4 Å². The highest BCUT2D eigenvalue weighted by Crippen LogP contribution is 2.36. The van der Waals surface area contributed by atoms with Crippen molar-refractivity contribution in [1.82, 2.24) is 24.9 Å². The zero-order valence-corrected chi connectivity index (χ0v) is 23.6. The zero-order chi connectivity index (χ0) is 28.4. The number of piperidine rings is 1. The summed E-state index contributed by atoms with van der Waals surface area (Å²) in [5.74, 6) is -0.0802. The molecule has 13 heteroatoms. The number of alkyl halides is 3. The first-order valence-electron chi connectivity index (χ1n) is 13.0. The molecule has 0 atom stereocenters. The number of amides is 1. The van der Waals surface area contributed by atoms with E-state index in [-0.39, 0.29) is 29.8 Å². The third-order valence-electron chi connectivity index (χ3n) is 6.76. The molecular weight excluding hydrogens is 531 g/mol. The number of nitrogens with one attached hydrogen (secondary N) is 4. The van der Waals surface area contributed by atoms with Gasteiger partial charge in [0.2, 0.25) is 5.95 Å². The summed E-state index contributed by atoms with van der Waals surface area (Å²) in [4.78, 5) is 23.0. The SMILES string of the molecule is CNSC.COc1cc(C(=O)NC2CCN(C)CC2)ccc1Nc1ncc(C(F)(F)F)c(NC2CCCC2)n1. The van der Waals surface area contributed by atoms with Gasteiger partial charge < -0.3 is 25.6 Å². The van der Waals surface area contributed by atoms with E-state index in [2.05, 4.69) is 42.6 Å². The highest BCUT2D eigenvalue weighted by Gasteiger charge is 2.36. The maximum atomic E-state index is 13.5. The molecule has 1 amide bonds. The Morgan fingerprint density at radius 1 is 1.13 bits per heavy atom. The highest BCUT2D eigenvalue weighted by molar-refractivity contribution is 7.96. The van der Waals surface area contributed by atoms with Gasteiger partial charge in [0.25, 0.3) is 5.91 Å². The monoisotopic (exact) mass is 569 g/mol. The minimum atomic E-state index is -4.57. The Morgan fingerprint density at radius 3 is 2.38 bits per heavy atom. The van der Waals surface area contributed by atoms with Crippen molar-refractivity contribution in [1.29, 1.82) is 0 Å². The number of halogens is 3. The fraction of sp³-hybridized carbons (Fsp3) is 0.577. The molecule has 4 N–H and O–H groups in total. The summed E-state index contributed by atoms with van der Waals surface area (Å²) < 4.78 is 48.8. The molecule has 1 aliphatic heterocycles. The van der Waals surface area contributed by atoms with Gasteiger partial charge in [0.05, 0.1) is 12.8 Å². The predicted molar refractivity (Wildman–Crippen MR) is 150 cm³/mol. The van der Waals surface area contributed by atoms with Crippen LogP contribution in [-0.2, 0) is 6.18 Å². The van der Waals surface area contributed by atoms with Gasteiger partial charge in [0.15, 0.2) is 0 Å². The van der Waals surface area contributed by atoms with Crippen molar-refractivity contribution < 1.29 is 22.7 Å². The van der Waals surface area contributed by atoms with E-state index in [9.17, 15) is 18.0 Å². The molecule has 39 heavy (non-hydrogen) atoms. The Kier molecular flexibility index (Phi) is 11.5. The van der Waals surface area contributed by atoms with Crippen LogP contribution >= 0.6 is 11.9 Å². The van der Waals surface area contributed by atoms with Crippen molar-refractivity contribution >= 4 is 35.3 Å². The van der Waals surface area contributed by atoms with Crippen molar-refractivity contribution in [2.45, 2.75) is 56.8 Å². The van der Waals surface area contributed by atoms with Gasteiger partial charge in [-0.15, -0.1) is 0 Å². The number of ether oxygens (including phenoxy) is 1. The van der Waals surface area contributed by atoms with E-state index in [1.165, 1.54) is 7.11 Å². The van der Waals surface area contributed by atoms with E-state index in [1.54, 1.807) is 30.1 Å². The Hall–Kier alpha value is -2.77. The topological polar surface area (TPSA) is 103 Å². The molecule has 1 aromatic heterocycles. The number of carbonyl (C=O) groups is 1. The summed E-state index contributed by atoms with van der Waals surface area (Å²) in [6, 6.07) is 4.93. The predicted octanol–water partition coefficient (Wildman–Crippen LogP) is 4.91. The largest absolute Gasteiger partial charge is 0.495 e. The van der Waals surface area contributed by atoms with Crippen molar-refractivity contribution in [2.75, 3.05) is 51.2 Å². The molecule has 2 aliphatic rings. The third-order valence-corrected chi connectivity index (χ3v) is 7.17.